The van der Waals surface area contributed by atoms with E-state index in [0.717, 1.165) is 0 Å². The second-order valence-electron chi connectivity index (χ2n) is 2.46. The fourth-order valence-corrected chi connectivity index (χ4v) is 0.513. The third kappa shape index (κ3) is 1.13. The Morgan fingerprint density at radius 1 is 1.75 bits per heavy atom. The van der Waals surface area contributed by atoms with E-state index in [-0.39, 0.29) is 24.0 Å². The molecule has 50 valence electrons. The maximum absolute atomic E-state index is 5.64. The summed E-state index contributed by atoms with van der Waals surface area (Å²) < 4.78 is 5.02. The van der Waals surface area contributed by atoms with Crippen molar-refractivity contribution >= 4 is 12.4 Å². The van der Waals surface area contributed by atoms with Gasteiger partial charge in [0.25, 0.3) is 0 Å². The highest BCUT2D eigenvalue weighted by atomic mass is 35.5. The van der Waals surface area contributed by atoms with Crippen molar-refractivity contribution in [1.82, 2.24) is 0 Å². The molecule has 1 aliphatic heterocycles. The summed E-state index contributed by atoms with van der Waals surface area (Å²) in [5, 5.41) is 0. The molecule has 0 aromatic rings. The van der Waals surface area contributed by atoms with Crippen molar-refractivity contribution in [3.8, 4) is 0 Å². The molecule has 1 heterocycles. The first-order chi connectivity index (χ1) is 3.13. The highest BCUT2D eigenvalue weighted by Gasteiger charge is 2.36. The van der Waals surface area contributed by atoms with E-state index in [1.165, 1.54) is 0 Å². The summed E-state index contributed by atoms with van der Waals surface area (Å²) in [6, 6.07) is 0. The van der Waals surface area contributed by atoms with Crippen LogP contribution in [0, 0.1) is 0 Å². The third-order valence-electron chi connectivity index (χ3n) is 1.57. The molecular weight excluding hydrogens is 126 g/mol. The maximum atomic E-state index is 5.64. The van der Waals surface area contributed by atoms with Gasteiger partial charge in [0.05, 0.1) is 18.2 Å². The molecule has 2 unspecified atom stereocenters. The Balaban J connectivity index is 0.000000490. The fraction of sp³-hybridized carbons (Fsp3) is 1.00. The second-order valence-corrected chi connectivity index (χ2v) is 2.46. The number of rotatable bonds is 0. The van der Waals surface area contributed by atoms with Crippen molar-refractivity contribution in [3.05, 3.63) is 0 Å². The summed E-state index contributed by atoms with van der Waals surface area (Å²) in [6.45, 7) is 4.71. The monoisotopic (exact) mass is 137 g/mol. The van der Waals surface area contributed by atoms with E-state index in [9.17, 15) is 0 Å². The first-order valence-corrected chi connectivity index (χ1v) is 2.53. The van der Waals surface area contributed by atoms with Gasteiger partial charge in [0, 0.05) is 0 Å². The van der Waals surface area contributed by atoms with Gasteiger partial charge in [0.1, 0.15) is 0 Å². The third-order valence-corrected chi connectivity index (χ3v) is 1.57. The molecule has 0 amide bonds. The lowest BCUT2D eigenvalue weighted by Gasteiger charge is -2.41. The molecular formula is C5H12ClNO. The zero-order valence-electron chi connectivity index (χ0n) is 5.18. The summed E-state index contributed by atoms with van der Waals surface area (Å²) in [7, 11) is 0. The zero-order chi connectivity index (χ0) is 5.49. The van der Waals surface area contributed by atoms with Crippen molar-refractivity contribution < 1.29 is 4.74 Å². The molecule has 2 N–H and O–H groups in total. The summed E-state index contributed by atoms with van der Waals surface area (Å²) >= 11 is 0. The average Bonchev–Trinajstić information content (AvgIpc) is 1.63. The Morgan fingerprint density at radius 2 is 2.12 bits per heavy atom. The molecule has 0 aromatic heterocycles. The van der Waals surface area contributed by atoms with Crippen LogP contribution >= 0.6 is 12.4 Å². The maximum Gasteiger partial charge on any atom is 0.0747 e. The molecule has 1 aliphatic rings. The first-order valence-electron chi connectivity index (χ1n) is 2.53. The normalized spacial score (nSPS) is 44.6. The van der Waals surface area contributed by atoms with Gasteiger partial charge in [0.15, 0.2) is 0 Å². The number of ether oxygens (including phenoxy) is 1. The van der Waals surface area contributed by atoms with E-state index in [4.69, 9.17) is 10.5 Å². The molecule has 2 nitrogen and oxygen atoms in total. The number of hydrogen-bond donors (Lipinski definition) is 1. The van der Waals surface area contributed by atoms with Crippen LogP contribution in [0.5, 0.6) is 0 Å². The topological polar surface area (TPSA) is 35.2 Å². The molecule has 0 aromatic carbocycles. The lowest BCUT2D eigenvalue weighted by Crippen LogP contribution is -2.61. The Kier molecular flexibility index (Phi) is 2.27. The van der Waals surface area contributed by atoms with Crippen LogP contribution in [-0.2, 0) is 4.74 Å². The van der Waals surface area contributed by atoms with Gasteiger partial charge < -0.3 is 10.5 Å². The van der Waals surface area contributed by atoms with Crippen molar-refractivity contribution in [2.45, 2.75) is 25.5 Å². The lowest BCUT2D eigenvalue weighted by atomic mass is 9.93. The quantitative estimate of drug-likeness (QED) is 0.529. The smallest absolute Gasteiger partial charge is 0.0747 e. The highest BCUT2D eigenvalue weighted by Crippen LogP contribution is 2.20. The summed E-state index contributed by atoms with van der Waals surface area (Å²) in [5.41, 5.74) is 5.60. The largest absolute Gasteiger partial charge is 0.375 e. The van der Waals surface area contributed by atoms with Gasteiger partial charge in [-0.3, -0.25) is 0 Å². The van der Waals surface area contributed by atoms with E-state index in [1.54, 1.807) is 0 Å². The van der Waals surface area contributed by atoms with Crippen LogP contribution in [0.1, 0.15) is 13.8 Å². The van der Waals surface area contributed by atoms with Gasteiger partial charge >= 0.3 is 0 Å². The molecule has 1 rings (SSSR count). The van der Waals surface area contributed by atoms with E-state index in [0.29, 0.717) is 6.61 Å². The molecule has 0 spiro atoms. The van der Waals surface area contributed by atoms with Gasteiger partial charge in [-0.25, -0.2) is 0 Å². The van der Waals surface area contributed by atoms with Gasteiger partial charge in [-0.1, -0.05) is 0 Å². The Bertz CT molecular complexity index is 84.5. The van der Waals surface area contributed by atoms with Crippen LogP contribution in [0.3, 0.4) is 0 Å². The number of halogens is 1. The van der Waals surface area contributed by atoms with Crippen LogP contribution in [0.15, 0.2) is 0 Å². The second kappa shape index (κ2) is 2.21. The van der Waals surface area contributed by atoms with Crippen molar-refractivity contribution in [2.75, 3.05) is 6.61 Å². The molecule has 0 bridgehead atoms. The molecule has 0 aliphatic carbocycles. The predicted molar refractivity (Wildman–Crippen MR) is 35.3 cm³/mol. The lowest BCUT2D eigenvalue weighted by molar-refractivity contribution is -0.112. The number of nitrogens with two attached hydrogens (primary N) is 1. The Hall–Kier alpha value is 0.210. The Morgan fingerprint density at radius 3 is 2.12 bits per heavy atom. The summed E-state index contributed by atoms with van der Waals surface area (Å²) in [5.74, 6) is 0. The molecule has 3 heteroatoms. The van der Waals surface area contributed by atoms with Gasteiger partial charge in [-0.05, 0) is 13.8 Å². The van der Waals surface area contributed by atoms with E-state index >= 15 is 0 Å². The van der Waals surface area contributed by atoms with Crippen molar-refractivity contribution in [1.29, 1.82) is 0 Å². The van der Waals surface area contributed by atoms with Crippen LogP contribution < -0.4 is 5.73 Å². The van der Waals surface area contributed by atoms with Crippen molar-refractivity contribution in [3.63, 3.8) is 0 Å². The summed E-state index contributed by atoms with van der Waals surface area (Å²) in [6.07, 6.45) is 0.257. The SMILES string of the molecule is CC1OCC1(C)N.Cl. The van der Waals surface area contributed by atoms with Gasteiger partial charge in [0.2, 0.25) is 0 Å². The highest BCUT2D eigenvalue weighted by molar-refractivity contribution is 5.85. The molecule has 1 fully saturated rings. The fourth-order valence-electron chi connectivity index (χ4n) is 0.513. The van der Waals surface area contributed by atoms with Crippen LogP contribution in [0.4, 0.5) is 0 Å². The molecule has 2 atom stereocenters. The molecule has 0 radical (unpaired) electrons. The standard InChI is InChI=1S/C5H11NO.ClH/c1-4-5(2,6)3-7-4;/h4H,3,6H2,1-2H3;1H. The molecule has 0 saturated carbocycles. The average molecular weight is 138 g/mol. The minimum Gasteiger partial charge on any atom is -0.375 e. The number of hydrogen-bond acceptors (Lipinski definition) is 2. The van der Waals surface area contributed by atoms with Gasteiger partial charge in [-0.2, -0.15) is 0 Å². The van der Waals surface area contributed by atoms with E-state index in [1.807, 2.05) is 13.8 Å². The van der Waals surface area contributed by atoms with Crippen molar-refractivity contribution in [2.24, 2.45) is 5.73 Å². The minimum absolute atomic E-state index is 0. The first kappa shape index (κ1) is 8.21. The van der Waals surface area contributed by atoms with Crippen LogP contribution in [0.25, 0.3) is 0 Å². The molecule has 1 saturated heterocycles. The van der Waals surface area contributed by atoms with Crippen LogP contribution in [-0.4, -0.2) is 18.2 Å². The Labute approximate surface area is 55.8 Å². The zero-order valence-corrected chi connectivity index (χ0v) is 5.99. The van der Waals surface area contributed by atoms with E-state index in [2.05, 4.69) is 0 Å². The predicted octanol–water partition coefficient (Wildman–Crippen LogP) is 0.544. The van der Waals surface area contributed by atoms with Gasteiger partial charge in [-0.15, -0.1) is 12.4 Å². The molecule has 8 heavy (non-hydrogen) atoms. The van der Waals surface area contributed by atoms with Crippen LogP contribution in [0.2, 0.25) is 0 Å². The summed E-state index contributed by atoms with van der Waals surface area (Å²) in [4.78, 5) is 0. The minimum atomic E-state index is -0.0417. The van der Waals surface area contributed by atoms with E-state index < -0.39 is 0 Å².